The van der Waals surface area contributed by atoms with Crippen LogP contribution < -0.4 is 16.4 Å². The number of amidine groups is 3. The molecule has 7 nitrogen and oxygen atoms in total. The lowest BCUT2D eigenvalue weighted by Crippen LogP contribution is -2.36. The van der Waals surface area contributed by atoms with E-state index in [0.717, 1.165) is 30.4 Å². The summed E-state index contributed by atoms with van der Waals surface area (Å²) in [6, 6.07) is 7.64. The van der Waals surface area contributed by atoms with E-state index in [2.05, 4.69) is 14.9 Å². The Morgan fingerprint density at radius 3 is 2.36 bits per heavy atom. The van der Waals surface area contributed by atoms with Crippen molar-refractivity contribution in [2.45, 2.75) is 19.1 Å². The zero-order valence-electron chi connectivity index (χ0n) is 15.4. The van der Waals surface area contributed by atoms with Crippen LogP contribution in [0.25, 0.3) is 0 Å². The third-order valence-corrected chi connectivity index (χ3v) is 4.04. The molecule has 5 N–H and O–H groups in total. The van der Waals surface area contributed by atoms with Crippen LogP contribution in [-0.2, 0) is 4.74 Å². The molecule has 0 bridgehead atoms. The fraction of sp³-hybridized carbons (Fsp3) is 0.389. The molecule has 1 heterocycles. The quantitative estimate of drug-likeness (QED) is 0.524. The fourth-order valence-electron chi connectivity index (χ4n) is 2.52. The summed E-state index contributed by atoms with van der Waals surface area (Å²) in [5.41, 5.74) is 12.6. The molecule has 0 spiro atoms. The van der Waals surface area contributed by atoms with Gasteiger partial charge in [-0.1, -0.05) is 12.1 Å². The van der Waals surface area contributed by atoms with E-state index >= 15 is 0 Å². The van der Waals surface area contributed by atoms with Gasteiger partial charge in [0.15, 0.2) is 0 Å². The number of anilines is 1. The van der Waals surface area contributed by atoms with Gasteiger partial charge < -0.3 is 21.1 Å². The second-order valence-corrected chi connectivity index (χ2v) is 6.13. The summed E-state index contributed by atoms with van der Waals surface area (Å²) < 4.78 is 42.2. The van der Waals surface area contributed by atoms with Crippen LogP contribution in [-0.4, -0.2) is 50.0 Å². The summed E-state index contributed by atoms with van der Waals surface area (Å²) in [5, 5.41) is 7.38. The number of alkyl halides is 3. The molecule has 0 aliphatic carbocycles. The molecule has 0 amide bonds. The molecule has 1 aromatic carbocycles. The van der Waals surface area contributed by atoms with Crippen LogP contribution in [0.3, 0.4) is 0 Å². The highest BCUT2D eigenvalue weighted by atomic mass is 19.4. The lowest BCUT2D eigenvalue weighted by Gasteiger charge is -2.29. The van der Waals surface area contributed by atoms with Gasteiger partial charge in [0, 0.05) is 18.8 Å². The molecule has 10 heteroatoms. The SMILES string of the molecule is CC(N=C(N)/C=C\C(=N)N=C(N)C(F)(F)F)c1ccc(N2CCOCC2)cc1. The maximum absolute atomic E-state index is 12.3. The fourth-order valence-corrected chi connectivity index (χ4v) is 2.52. The zero-order chi connectivity index (χ0) is 20.7. The third-order valence-electron chi connectivity index (χ3n) is 4.04. The normalized spacial score (nSPS) is 17.8. The van der Waals surface area contributed by atoms with Crippen LogP contribution in [0.2, 0.25) is 0 Å². The molecule has 1 aromatic rings. The van der Waals surface area contributed by atoms with E-state index in [1.165, 1.54) is 6.08 Å². The Hall–Kier alpha value is -2.88. The first-order valence-corrected chi connectivity index (χ1v) is 8.60. The van der Waals surface area contributed by atoms with Crippen LogP contribution in [0.1, 0.15) is 18.5 Å². The average Bonchev–Trinajstić information content (AvgIpc) is 2.66. The molecule has 0 radical (unpaired) electrons. The van der Waals surface area contributed by atoms with Gasteiger partial charge in [0.2, 0.25) is 5.84 Å². The molecule has 28 heavy (non-hydrogen) atoms. The summed E-state index contributed by atoms with van der Waals surface area (Å²) in [4.78, 5) is 9.45. The zero-order valence-corrected chi connectivity index (χ0v) is 15.4. The van der Waals surface area contributed by atoms with Crippen molar-refractivity contribution in [3.8, 4) is 0 Å². The Bertz CT molecular complexity index is 765. The summed E-state index contributed by atoms with van der Waals surface area (Å²) >= 11 is 0. The lowest BCUT2D eigenvalue weighted by molar-refractivity contribution is -0.0597. The first-order chi connectivity index (χ1) is 13.2. The monoisotopic (exact) mass is 396 g/mol. The number of benzene rings is 1. The average molecular weight is 396 g/mol. The number of aliphatic imine (C=N–C) groups is 2. The summed E-state index contributed by atoms with van der Waals surface area (Å²) in [6.45, 7) is 4.95. The second-order valence-electron chi connectivity index (χ2n) is 6.13. The number of nitrogens with zero attached hydrogens (tertiary/aromatic N) is 3. The van der Waals surface area contributed by atoms with E-state index in [9.17, 15) is 13.2 Å². The smallest absolute Gasteiger partial charge is 0.384 e. The maximum Gasteiger partial charge on any atom is 0.449 e. The van der Waals surface area contributed by atoms with Gasteiger partial charge in [-0.3, -0.25) is 10.4 Å². The largest absolute Gasteiger partial charge is 0.449 e. The molecule has 0 aromatic heterocycles. The first kappa shape index (κ1) is 21.4. The van der Waals surface area contributed by atoms with Gasteiger partial charge in [-0.05, 0) is 36.8 Å². The van der Waals surface area contributed by atoms with Crippen LogP contribution in [0.5, 0.6) is 0 Å². The van der Waals surface area contributed by atoms with Gasteiger partial charge >= 0.3 is 6.18 Å². The lowest BCUT2D eigenvalue weighted by atomic mass is 10.1. The van der Waals surface area contributed by atoms with Gasteiger partial charge in [-0.2, -0.15) is 13.2 Å². The Morgan fingerprint density at radius 2 is 1.79 bits per heavy atom. The highest BCUT2D eigenvalue weighted by Gasteiger charge is 2.33. The Morgan fingerprint density at radius 1 is 1.18 bits per heavy atom. The molecular formula is C18H23F3N6O. The highest BCUT2D eigenvalue weighted by Crippen LogP contribution is 2.22. The molecule has 1 unspecified atom stereocenters. The van der Waals surface area contributed by atoms with E-state index < -0.39 is 17.8 Å². The Labute approximate surface area is 161 Å². The standard InChI is InChI=1S/C18H23F3N6O/c1-12(13-2-4-14(5-3-13)27-8-10-28-11-9-27)25-15(22)6-7-16(23)26-17(24)18(19,20)21/h2-7,12H,8-11H2,1H3,(H2,22,25)(H3,23,24,26)/b7-6-. The number of nitrogens with one attached hydrogen (secondary N) is 1. The van der Waals surface area contributed by atoms with Crippen molar-refractivity contribution in [3.05, 3.63) is 42.0 Å². The van der Waals surface area contributed by atoms with Crippen molar-refractivity contribution in [2.75, 3.05) is 31.2 Å². The number of halogens is 3. The van der Waals surface area contributed by atoms with Crippen LogP contribution in [0, 0.1) is 5.41 Å². The number of rotatable bonds is 5. The molecule has 1 saturated heterocycles. The van der Waals surface area contributed by atoms with E-state index in [1.807, 2.05) is 31.2 Å². The van der Waals surface area contributed by atoms with Crippen molar-refractivity contribution < 1.29 is 17.9 Å². The van der Waals surface area contributed by atoms with Crippen molar-refractivity contribution in [3.63, 3.8) is 0 Å². The van der Waals surface area contributed by atoms with Crippen molar-refractivity contribution in [1.29, 1.82) is 5.41 Å². The predicted molar refractivity (Wildman–Crippen MR) is 104 cm³/mol. The van der Waals surface area contributed by atoms with E-state index in [-0.39, 0.29) is 11.9 Å². The number of hydrogen-bond donors (Lipinski definition) is 3. The van der Waals surface area contributed by atoms with E-state index in [0.29, 0.717) is 13.2 Å². The second kappa shape index (κ2) is 9.36. The molecule has 152 valence electrons. The van der Waals surface area contributed by atoms with Gasteiger partial charge in [-0.15, -0.1) is 0 Å². The van der Waals surface area contributed by atoms with Crippen molar-refractivity contribution in [2.24, 2.45) is 21.5 Å². The molecule has 1 atom stereocenters. The molecule has 0 saturated carbocycles. The van der Waals surface area contributed by atoms with Gasteiger partial charge in [-0.25, -0.2) is 4.99 Å². The minimum atomic E-state index is -4.78. The third kappa shape index (κ3) is 6.38. The topological polar surface area (TPSA) is 113 Å². The molecule has 2 rings (SSSR count). The summed E-state index contributed by atoms with van der Waals surface area (Å²) in [5.74, 6) is -2.20. The molecule has 1 aliphatic rings. The van der Waals surface area contributed by atoms with Crippen LogP contribution >= 0.6 is 0 Å². The van der Waals surface area contributed by atoms with Gasteiger partial charge in [0.05, 0.1) is 19.3 Å². The maximum atomic E-state index is 12.3. The molecule has 1 aliphatic heterocycles. The molecule has 1 fully saturated rings. The first-order valence-electron chi connectivity index (χ1n) is 8.60. The minimum Gasteiger partial charge on any atom is -0.384 e. The van der Waals surface area contributed by atoms with E-state index in [4.69, 9.17) is 21.6 Å². The van der Waals surface area contributed by atoms with Crippen molar-refractivity contribution in [1.82, 2.24) is 0 Å². The number of morpholine rings is 1. The summed E-state index contributed by atoms with van der Waals surface area (Å²) in [7, 11) is 0. The van der Waals surface area contributed by atoms with Gasteiger partial charge in [0.1, 0.15) is 11.7 Å². The van der Waals surface area contributed by atoms with Crippen LogP contribution in [0.4, 0.5) is 18.9 Å². The van der Waals surface area contributed by atoms with Crippen LogP contribution in [0.15, 0.2) is 46.4 Å². The van der Waals surface area contributed by atoms with E-state index in [1.54, 1.807) is 0 Å². The van der Waals surface area contributed by atoms with Crippen molar-refractivity contribution >= 4 is 23.2 Å². The summed E-state index contributed by atoms with van der Waals surface area (Å²) in [6.07, 6.45) is -2.55. The predicted octanol–water partition coefficient (Wildman–Crippen LogP) is 2.39. The number of hydrogen-bond acceptors (Lipinski definition) is 4. The Kier molecular flexibility index (Phi) is 7.16. The highest BCUT2D eigenvalue weighted by molar-refractivity contribution is 6.05. The minimum absolute atomic E-state index is 0.0651. The Balaban J connectivity index is 1.98. The molecular weight excluding hydrogens is 373 g/mol. The number of ether oxygens (including phenoxy) is 1. The van der Waals surface area contributed by atoms with Gasteiger partial charge in [0.25, 0.3) is 0 Å². The number of nitrogens with two attached hydrogens (primary N) is 2.